The molecular formula is C11H10ClNO2. The molecule has 0 aromatic heterocycles. The maximum Gasteiger partial charge on any atom is 0.339 e. The van der Waals surface area contributed by atoms with Crippen LogP contribution in [0.3, 0.4) is 0 Å². The van der Waals surface area contributed by atoms with E-state index in [0.29, 0.717) is 17.5 Å². The first-order chi connectivity index (χ1) is 7.13. The molecule has 1 rings (SSSR count). The Kier molecular flexibility index (Phi) is 3.70. The fourth-order valence-corrected chi connectivity index (χ4v) is 1.52. The standard InChI is InChI=1S/C11H10ClNO2/c1-3-7-4-9(11(14)15-2)10(12)5-8(7)6-13/h4-5H,3H2,1-2H3. The third-order valence-electron chi connectivity index (χ3n) is 2.10. The number of hydrogen-bond donors (Lipinski definition) is 0. The third-order valence-corrected chi connectivity index (χ3v) is 2.41. The summed E-state index contributed by atoms with van der Waals surface area (Å²) in [5, 5.41) is 9.08. The Hall–Kier alpha value is -1.53. The average Bonchev–Trinajstić information content (AvgIpc) is 2.27. The van der Waals surface area contributed by atoms with Gasteiger partial charge in [-0.2, -0.15) is 5.26 Å². The second kappa shape index (κ2) is 4.81. The number of carbonyl (C=O) groups is 1. The largest absolute Gasteiger partial charge is 0.465 e. The van der Waals surface area contributed by atoms with Crippen LogP contribution in [0.2, 0.25) is 5.02 Å². The van der Waals surface area contributed by atoms with E-state index in [1.807, 2.05) is 13.0 Å². The van der Waals surface area contributed by atoms with Crippen LogP contribution >= 0.6 is 11.6 Å². The van der Waals surface area contributed by atoms with E-state index in [2.05, 4.69) is 4.74 Å². The van der Waals surface area contributed by atoms with Crippen molar-refractivity contribution in [3.05, 3.63) is 33.8 Å². The lowest BCUT2D eigenvalue weighted by Gasteiger charge is -2.06. The summed E-state index contributed by atoms with van der Waals surface area (Å²) in [6.07, 6.45) is 0.671. The summed E-state index contributed by atoms with van der Waals surface area (Å²) in [4.78, 5) is 11.3. The molecule has 0 unspecified atom stereocenters. The van der Waals surface area contributed by atoms with Crippen LogP contribution in [0.25, 0.3) is 0 Å². The van der Waals surface area contributed by atoms with Gasteiger partial charge in [-0.15, -0.1) is 0 Å². The molecule has 1 aromatic rings. The first-order valence-corrected chi connectivity index (χ1v) is 4.82. The van der Waals surface area contributed by atoms with Crippen LogP contribution in [0.1, 0.15) is 28.4 Å². The monoisotopic (exact) mass is 223 g/mol. The summed E-state index contributed by atoms with van der Waals surface area (Å²) in [6, 6.07) is 5.13. The number of halogens is 1. The smallest absolute Gasteiger partial charge is 0.339 e. The number of nitrogens with zero attached hydrogens (tertiary/aromatic N) is 1. The summed E-state index contributed by atoms with van der Waals surface area (Å²) >= 11 is 5.86. The number of nitriles is 1. The van der Waals surface area contributed by atoms with E-state index in [4.69, 9.17) is 16.9 Å². The molecule has 78 valence electrons. The Balaban J connectivity index is 3.33. The van der Waals surface area contributed by atoms with Crippen molar-refractivity contribution < 1.29 is 9.53 Å². The highest BCUT2D eigenvalue weighted by Crippen LogP contribution is 2.22. The Morgan fingerprint density at radius 1 is 1.60 bits per heavy atom. The third kappa shape index (κ3) is 2.28. The number of benzene rings is 1. The molecule has 0 aliphatic rings. The van der Waals surface area contributed by atoms with Crippen molar-refractivity contribution >= 4 is 17.6 Å². The zero-order valence-corrected chi connectivity index (χ0v) is 9.26. The van der Waals surface area contributed by atoms with Crippen LogP contribution < -0.4 is 0 Å². The Morgan fingerprint density at radius 3 is 2.73 bits per heavy atom. The van der Waals surface area contributed by atoms with Crippen molar-refractivity contribution in [2.45, 2.75) is 13.3 Å². The van der Waals surface area contributed by atoms with E-state index in [1.54, 1.807) is 6.07 Å². The highest BCUT2D eigenvalue weighted by molar-refractivity contribution is 6.33. The second-order valence-electron chi connectivity index (χ2n) is 2.95. The van der Waals surface area contributed by atoms with Crippen LogP contribution in [0, 0.1) is 11.3 Å². The highest BCUT2D eigenvalue weighted by atomic mass is 35.5. The molecular weight excluding hydrogens is 214 g/mol. The molecule has 3 nitrogen and oxygen atoms in total. The zero-order valence-electron chi connectivity index (χ0n) is 8.50. The topological polar surface area (TPSA) is 50.1 Å². The van der Waals surface area contributed by atoms with Crippen LogP contribution in [-0.4, -0.2) is 13.1 Å². The molecule has 0 spiro atoms. The molecule has 0 saturated heterocycles. The summed E-state index contributed by atoms with van der Waals surface area (Å²) in [6.45, 7) is 1.91. The number of carbonyl (C=O) groups excluding carboxylic acids is 1. The van der Waals surface area contributed by atoms with E-state index in [1.165, 1.54) is 13.2 Å². The normalized spacial score (nSPS) is 9.47. The first kappa shape index (κ1) is 11.5. The fourth-order valence-electron chi connectivity index (χ4n) is 1.28. The summed E-state index contributed by atoms with van der Waals surface area (Å²) in [5.41, 5.74) is 1.59. The highest BCUT2D eigenvalue weighted by Gasteiger charge is 2.13. The molecule has 0 radical (unpaired) electrons. The molecule has 0 bridgehead atoms. The number of hydrogen-bond acceptors (Lipinski definition) is 3. The molecule has 0 amide bonds. The van der Waals surface area contributed by atoms with Crippen LogP contribution in [-0.2, 0) is 11.2 Å². The van der Waals surface area contributed by atoms with Gasteiger partial charge in [0.1, 0.15) is 0 Å². The molecule has 0 atom stereocenters. The Labute approximate surface area is 93.2 Å². The van der Waals surface area contributed by atoms with Crippen molar-refractivity contribution in [3.63, 3.8) is 0 Å². The SMILES string of the molecule is CCc1cc(C(=O)OC)c(Cl)cc1C#N. The lowest BCUT2D eigenvalue weighted by molar-refractivity contribution is 0.0601. The lowest BCUT2D eigenvalue weighted by atomic mass is 10.0. The molecule has 4 heteroatoms. The van der Waals surface area contributed by atoms with Gasteiger partial charge in [-0.05, 0) is 24.1 Å². The van der Waals surface area contributed by atoms with Crippen LogP contribution in [0.15, 0.2) is 12.1 Å². The Morgan fingerprint density at radius 2 is 2.27 bits per heavy atom. The summed E-state index contributed by atoms with van der Waals surface area (Å²) < 4.78 is 4.58. The van der Waals surface area contributed by atoms with Crippen molar-refractivity contribution in [3.8, 4) is 6.07 Å². The van der Waals surface area contributed by atoms with E-state index in [9.17, 15) is 4.79 Å². The van der Waals surface area contributed by atoms with Gasteiger partial charge in [0.05, 0.1) is 29.3 Å². The van der Waals surface area contributed by atoms with Gasteiger partial charge in [-0.1, -0.05) is 18.5 Å². The van der Waals surface area contributed by atoms with E-state index < -0.39 is 5.97 Å². The van der Waals surface area contributed by atoms with E-state index in [0.717, 1.165) is 5.56 Å². The predicted octanol–water partition coefficient (Wildman–Crippen LogP) is 2.56. The van der Waals surface area contributed by atoms with E-state index in [-0.39, 0.29) is 5.02 Å². The fraction of sp³-hybridized carbons (Fsp3) is 0.273. The number of aryl methyl sites for hydroxylation is 1. The van der Waals surface area contributed by atoms with Gasteiger partial charge in [-0.3, -0.25) is 0 Å². The van der Waals surface area contributed by atoms with Gasteiger partial charge in [0.2, 0.25) is 0 Å². The van der Waals surface area contributed by atoms with Crippen molar-refractivity contribution in [2.75, 3.05) is 7.11 Å². The van der Waals surface area contributed by atoms with Gasteiger partial charge >= 0.3 is 5.97 Å². The minimum Gasteiger partial charge on any atom is -0.465 e. The van der Waals surface area contributed by atoms with Crippen LogP contribution in [0.4, 0.5) is 0 Å². The quantitative estimate of drug-likeness (QED) is 0.724. The average molecular weight is 224 g/mol. The second-order valence-corrected chi connectivity index (χ2v) is 3.35. The number of esters is 1. The van der Waals surface area contributed by atoms with Gasteiger partial charge in [-0.25, -0.2) is 4.79 Å². The molecule has 0 saturated carbocycles. The van der Waals surface area contributed by atoms with Crippen molar-refractivity contribution in [2.24, 2.45) is 0 Å². The van der Waals surface area contributed by atoms with Gasteiger partial charge in [0.15, 0.2) is 0 Å². The van der Waals surface area contributed by atoms with Gasteiger partial charge in [0, 0.05) is 0 Å². The van der Waals surface area contributed by atoms with Gasteiger partial charge < -0.3 is 4.74 Å². The lowest BCUT2D eigenvalue weighted by Crippen LogP contribution is -2.04. The molecule has 0 aliphatic heterocycles. The number of rotatable bonds is 2. The van der Waals surface area contributed by atoms with Crippen molar-refractivity contribution in [1.29, 1.82) is 5.26 Å². The first-order valence-electron chi connectivity index (χ1n) is 4.44. The summed E-state index contributed by atoms with van der Waals surface area (Å²) in [5.74, 6) is -0.487. The van der Waals surface area contributed by atoms with Gasteiger partial charge in [0.25, 0.3) is 0 Å². The van der Waals surface area contributed by atoms with Crippen molar-refractivity contribution in [1.82, 2.24) is 0 Å². The Bertz CT molecular complexity index is 435. The molecule has 1 aromatic carbocycles. The number of ether oxygens (including phenoxy) is 1. The molecule has 0 N–H and O–H groups in total. The van der Waals surface area contributed by atoms with Crippen LogP contribution in [0.5, 0.6) is 0 Å². The minimum atomic E-state index is -0.487. The number of methoxy groups -OCH3 is 1. The zero-order chi connectivity index (χ0) is 11.4. The van der Waals surface area contributed by atoms with E-state index >= 15 is 0 Å². The molecule has 0 fully saturated rings. The maximum absolute atomic E-state index is 11.3. The summed E-state index contributed by atoms with van der Waals surface area (Å²) in [7, 11) is 1.29. The molecule has 0 aliphatic carbocycles. The predicted molar refractivity (Wildman–Crippen MR) is 56.9 cm³/mol. The molecule has 15 heavy (non-hydrogen) atoms. The maximum atomic E-state index is 11.3. The molecule has 0 heterocycles. The minimum absolute atomic E-state index is 0.246.